The molecule has 0 amide bonds. The van der Waals surface area contributed by atoms with E-state index in [1.165, 1.54) is 6.92 Å². The van der Waals surface area contributed by atoms with Crippen LogP contribution in [0.15, 0.2) is 11.6 Å². The molecule has 10 fully saturated rings. The van der Waals surface area contributed by atoms with E-state index in [0.717, 1.165) is 5.57 Å². The van der Waals surface area contributed by atoms with Crippen molar-refractivity contribution in [2.24, 2.45) is 50.2 Å². The zero-order valence-electron chi connectivity index (χ0n) is 53.1. The van der Waals surface area contributed by atoms with Crippen LogP contribution in [0.2, 0.25) is 0 Å². The lowest BCUT2D eigenvalue weighted by Crippen LogP contribution is -2.69. The highest BCUT2D eigenvalue weighted by atomic mass is 16.8. The summed E-state index contributed by atoms with van der Waals surface area (Å²) in [5, 5.41) is 186. The van der Waals surface area contributed by atoms with Crippen molar-refractivity contribution in [2.75, 3.05) is 52.9 Å². The van der Waals surface area contributed by atoms with Gasteiger partial charge in [-0.3, -0.25) is 4.79 Å². The van der Waals surface area contributed by atoms with Gasteiger partial charge in [0.05, 0.1) is 76.6 Å². The van der Waals surface area contributed by atoms with Crippen molar-refractivity contribution in [3.8, 4) is 0 Å². The molecule has 17 N–H and O–H groups in total. The Morgan fingerprint density at radius 2 is 1.12 bits per heavy atom. The van der Waals surface area contributed by atoms with Gasteiger partial charge in [-0.25, -0.2) is 0 Å². The molecular formula is C62H100O30. The van der Waals surface area contributed by atoms with Gasteiger partial charge in [-0.1, -0.05) is 53.2 Å². The number of rotatable bonds is 16. The lowest BCUT2D eigenvalue weighted by Gasteiger charge is -2.72. The third kappa shape index (κ3) is 11.7. The lowest BCUT2D eigenvalue weighted by molar-refractivity contribution is -0.383. The minimum atomic E-state index is -2.22. The van der Waals surface area contributed by atoms with E-state index in [1.807, 2.05) is 6.92 Å². The smallest absolute Gasteiger partial charge is 0.315 e. The number of esters is 1. The van der Waals surface area contributed by atoms with E-state index in [9.17, 15) is 86.8 Å². The third-order valence-corrected chi connectivity index (χ3v) is 24.4. The van der Waals surface area contributed by atoms with Crippen LogP contribution >= 0.6 is 0 Å². The maximum atomic E-state index is 15.6. The standard InChI is InChI=1S/C62H100O30/c1-26-41(87-48-39(74)42(31(69)20-81-48)88-52-45(76)61(79,22-65)24-83-52)43(89-53-46(77)62(80,23-66)25-84-53)40(75)50(85-26)90-44-35(70)30(68)19-82-51(44)92-54(78)60-14-12-55(2,3)16-28(60)27-8-9-34-56(4)17-29(67)47(91-49-38(73)37(72)36(71)32(18-63)86-49)57(5,21-64)33(56)10-11-59(34,7)58(27,6)13-15-60/h8,26,28-53,63-77,79-80H,9-25H2,1-7H3/t26-,28-,29-,30-,31+,32+,33+,34+,35-,36+,37-,38+,39+,40+,41-,42-,43-,44+,45-,46-,47-,48-,49-,50-,51-,52-,53-,56-,57-,58+,59+,60-,61+,62+/m0/s1. The fraction of sp³-hybridized carbons (Fsp3) is 0.952. The van der Waals surface area contributed by atoms with Crippen LogP contribution in [0, 0.1) is 50.2 Å². The molecule has 92 heavy (non-hydrogen) atoms. The molecule has 11 aliphatic rings. The lowest BCUT2D eigenvalue weighted by atomic mass is 9.33. The van der Waals surface area contributed by atoms with Gasteiger partial charge in [0.15, 0.2) is 37.6 Å². The summed E-state index contributed by atoms with van der Waals surface area (Å²) in [5.74, 6) is -1.29. The maximum Gasteiger partial charge on any atom is 0.315 e. The largest absolute Gasteiger partial charge is 0.432 e. The van der Waals surface area contributed by atoms with Gasteiger partial charge in [0.25, 0.3) is 0 Å². The molecule has 0 unspecified atom stereocenters. The number of allylic oxidation sites excluding steroid dienone is 2. The molecule has 0 spiro atoms. The van der Waals surface area contributed by atoms with Gasteiger partial charge in [-0.2, -0.15) is 0 Å². The van der Waals surface area contributed by atoms with Gasteiger partial charge >= 0.3 is 5.97 Å². The molecule has 5 aliphatic carbocycles. The average Bonchev–Trinajstić information content (AvgIpc) is 0.699. The number of hydrogen-bond acceptors (Lipinski definition) is 30. The summed E-state index contributed by atoms with van der Waals surface area (Å²) < 4.78 is 71.8. The first-order chi connectivity index (χ1) is 43.1. The highest BCUT2D eigenvalue weighted by molar-refractivity contribution is 5.79. The van der Waals surface area contributed by atoms with Gasteiger partial charge < -0.3 is 144 Å². The number of ether oxygens (including phenoxy) is 12. The molecule has 0 radical (unpaired) electrons. The first-order valence-corrected chi connectivity index (χ1v) is 32.5. The fourth-order valence-corrected chi connectivity index (χ4v) is 18.5. The van der Waals surface area contributed by atoms with E-state index in [4.69, 9.17) is 56.8 Å². The van der Waals surface area contributed by atoms with Gasteiger partial charge in [-0.15, -0.1) is 0 Å². The molecule has 6 saturated heterocycles. The molecule has 30 nitrogen and oxygen atoms in total. The minimum Gasteiger partial charge on any atom is -0.432 e. The molecule has 6 aliphatic heterocycles. The molecule has 0 aromatic rings. The molecule has 6 heterocycles. The molecule has 0 bridgehead atoms. The fourth-order valence-electron chi connectivity index (χ4n) is 18.5. The zero-order chi connectivity index (χ0) is 67.0. The second-order valence-electron chi connectivity index (χ2n) is 30.4. The van der Waals surface area contributed by atoms with Crippen LogP contribution in [0.1, 0.15) is 106 Å². The molecule has 11 rings (SSSR count). The van der Waals surface area contributed by atoms with Gasteiger partial charge in [0.2, 0.25) is 6.29 Å². The summed E-state index contributed by atoms with van der Waals surface area (Å²) in [6.45, 7) is 9.14. The Bertz CT molecular complexity index is 2620. The SMILES string of the molecule is C[C@@H]1O[C@@H](O[C@H]2[C@H](OC(=O)[C@]34CCC(C)(C)C[C@H]3C3=CC[C@@H]5[C@@]6(C)C[C@H](O)[C@H](O[C@@H]7O[C@H](CO)[C@@H](O)[C@H](O)[C@H]7O)[C@@](C)(CO)[C@@H]6CC[C@@]5(C)[C@]3(C)CC4)OC[C@H](O)[C@@H]2O)[C@H](O)[C@H](O[C@@H]2OC[C@](O)(CO)[C@H]2O)[C@H]1O[C@@H]1OC[C@@H](O)[C@H](O[C@@H]2OC[C@](O)(CO)[C@H]2O)[C@H]1O. The van der Waals surface area contributed by atoms with Crippen LogP contribution in [-0.2, 0) is 61.6 Å². The van der Waals surface area contributed by atoms with E-state index in [1.54, 1.807) is 0 Å². The van der Waals surface area contributed by atoms with E-state index in [-0.39, 0.29) is 29.6 Å². The Labute approximate surface area is 532 Å². The number of carbonyl (C=O) groups is 1. The van der Waals surface area contributed by atoms with E-state index in [2.05, 4.69) is 40.7 Å². The summed E-state index contributed by atoms with van der Waals surface area (Å²) in [4.78, 5) is 15.6. The van der Waals surface area contributed by atoms with Gasteiger partial charge in [-0.05, 0) is 104 Å². The molecule has 528 valence electrons. The first-order valence-electron chi connectivity index (χ1n) is 32.5. The zero-order valence-corrected chi connectivity index (χ0v) is 53.1. The van der Waals surface area contributed by atoms with Crippen LogP contribution in [0.5, 0.6) is 0 Å². The Hall–Kier alpha value is -1.91. The van der Waals surface area contributed by atoms with Crippen molar-refractivity contribution >= 4 is 5.97 Å². The van der Waals surface area contributed by atoms with Crippen molar-refractivity contribution in [1.82, 2.24) is 0 Å². The molecule has 34 atom stereocenters. The Morgan fingerprint density at radius 3 is 1.74 bits per heavy atom. The molecule has 4 saturated carbocycles. The van der Waals surface area contributed by atoms with Crippen molar-refractivity contribution in [3.63, 3.8) is 0 Å². The Balaban J connectivity index is 0.831. The first kappa shape index (κ1) is 71.4. The summed E-state index contributed by atoms with van der Waals surface area (Å²) in [6.07, 6.45) is -32.7. The van der Waals surface area contributed by atoms with Crippen molar-refractivity contribution < 1.29 is 148 Å². The number of aliphatic hydroxyl groups excluding tert-OH is 15. The third-order valence-electron chi connectivity index (χ3n) is 24.4. The number of carbonyl (C=O) groups excluding carboxylic acids is 1. The molecule has 30 heteroatoms. The van der Waals surface area contributed by atoms with E-state index < -0.39 is 245 Å². The summed E-state index contributed by atoms with van der Waals surface area (Å²) >= 11 is 0. The Kier molecular flexibility index (Phi) is 20.2. The number of fused-ring (bicyclic) bond motifs is 7. The summed E-state index contributed by atoms with van der Waals surface area (Å²) in [5.41, 5.74) is -7.24. The second kappa shape index (κ2) is 26.0. The Morgan fingerprint density at radius 1 is 0.543 bits per heavy atom. The summed E-state index contributed by atoms with van der Waals surface area (Å²) in [6, 6.07) is 0. The van der Waals surface area contributed by atoms with Crippen LogP contribution in [0.3, 0.4) is 0 Å². The van der Waals surface area contributed by atoms with Crippen molar-refractivity contribution in [1.29, 1.82) is 0 Å². The second-order valence-corrected chi connectivity index (χ2v) is 30.4. The average molecular weight is 1330 g/mol. The van der Waals surface area contributed by atoms with Crippen LogP contribution < -0.4 is 0 Å². The molecular weight excluding hydrogens is 1220 g/mol. The van der Waals surface area contributed by atoms with E-state index >= 15 is 4.79 Å². The molecule has 0 aromatic heterocycles. The molecule has 0 aromatic carbocycles. The topological polar surface area (TPSA) is 472 Å². The number of aliphatic hydroxyl groups is 17. The van der Waals surface area contributed by atoms with Gasteiger partial charge in [0.1, 0.15) is 96.7 Å². The van der Waals surface area contributed by atoms with Crippen LogP contribution in [0.25, 0.3) is 0 Å². The quantitative estimate of drug-likeness (QED) is 0.0391. The predicted molar refractivity (Wildman–Crippen MR) is 305 cm³/mol. The highest BCUT2D eigenvalue weighted by Gasteiger charge is 2.72. The van der Waals surface area contributed by atoms with Crippen LogP contribution in [0.4, 0.5) is 0 Å². The summed E-state index contributed by atoms with van der Waals surface area (Å²) in [7, 11) is 0. The minimum absolute atomic E-state index is 0.0561. The normalized spacial score (nSPS) is 55.1. The highest BCUT2D eigenvalue weighted by Crippen LogP contribution is 2.76. The van der Waals surface area contributed by atoms with Crippen LogP contribution in [-0.4, -0.2) is 304 Å². The van der Waals surface area contributed by atoms with E-state index in [0.29, 0.717) is 51.4 Å². The van der Waals surface area contributed by atoms with Gasteiger partial charge in [0, 0.05) is 5.41 Å². The monoisotopic (exact) mass is 1320 g/mol. The van der Waals surface area contributed by atoms with Crippen molar-refractivity contribution in [2.45, 2.75) is 265 Å². The number of hydrogen-bond donors (Lipinski definition) is 17. The maximum absolute atomic E-state index is 15.6. The van der Waals surface area contributed by atoms with Crippen molar-refractivity contribution in [3.05, 3.63) is 11.6 Å². The predicted octanol–water partition coefficient (Wildman–Crippen LogP) is -4.86.